The van der Waals surface area contributed by atoms with E-state index in [0.29, 0.717) is 18.4 Å². The number of aromatic nitrogens is 1. The monoisotopic (exact) mass is 376 g/mol. The van der Waals surface area contributed by atoms with Crippen LogP contribution in [0.15, 0.2) is 53.3 Å². The summed E-state index contributed by atoms with van der Waals surface area (Å²) in [5, 5.41) is 10.3. The van der Waals surface area contributed by atoms with Gasteiger partial charge >= 0.3 is 0 Å². The molecule has 28 heavy (non-hydrogen) atoms. The van der Waals surface area contributed by atoms with Gasteiger partial charge in [0.05, 0.1) is 6.61 Å². The van der Waals surface area contributed by atoms with Gasteiger partial charge < -0.3 is 19.7 Å². The largest absolute Gasteiger partial charge is 0.492 e. The molecule has 3 rings (SSSR count). The SMILES string of the molecule is CN(C)CCOc1ccc(-c2cc3c(C#CCCO)cccc3c(=O)[nH]2)cc1. The third-order valence-electron chi connectivity index (χ3n) is 4.32. The highest BCUT2D eigenvalue weighted by Crippen LogP contribution is 2.24. The van der Waals surface area contributed by atoms with Crippen LogP contribution in [-0.2, 0) is 0 Å². The van der Waals surface area contributed by atoms with Crippen molar-refractivity contribution >= 4 is 10.8 Å². The molecule has 0 spiro atoms. The Labute approximate surface area is 164 Å². The van der Waals surface area contributed by atoms with Crippen LogP contribution in [0.3, 0.4) is 0 Å². The fourth-order valence-corrected chi connectivity index (χ4v) is 2.84. The van der Waals surface area contributed by atoms with Gasteiger partial charge in [0.15, 0.2) is 0 Å². The van der Waals surface area contributed by atoms with Crippen molar-refractivity contribution in [1.82, 2.24) is 9.88 Å². The zero-order chi connectivity index (χ0) is 19.9. The van der Waals surface area contributed by atoms with Gasteiger partial charge in [0, 0.05) is 35.0 Å². The van der Waals surface area contributed by atoms with Gasteiger partial charge in [0.2, 0.25) is 0 Å². The van der Waals surface area contributed by atoms with E-state index in [4.69, 9.17) is 9.84 Å². The Hall–Kier alpha value is -3.07. The third-order valence-corrected chi connectivity index (χ3v) is 4.32. The third kappa shape index (κ3) is 4.80. The summed E-state index contributed by atoms with van der Waals surface area (Å²) in [5.41, 5.74) is 2.26. The van der Waals surface area contributed by atoms with Crippen LogP contribution in [0.2, 0.25) is 0 Å². The molecule has 0 unspecified atom stereocenters. The number of nitrogens with zero attached hydrogens (tertiary/aromatic N) is 1. The van der Waals surface area contributed by atoms with Crippen molar-refractivity contribution in [2.24, 2.45) is 0 Å². The summed E-state index contributed by atoms with van der Waals surface area (Å²) in [7, 11) is 4.01. The first-order valence-corrected chi connectivity index (χ1v) is 9.22. The van der Waals surface area contributed by atoms with E-state index in [1.54, 1.807) is 6.07 Å². The van der Waals surface area contributed by atoms with Crippen molar-refractivity contribution < 1.29 is 9.84 Å². The minimum Gasteiger partial charge on any atom is -0.492 e. The second kappa shape index (κ2) is 9.23. The van der Waals surface area contributed by atoms with E-state index in [0.717, 1.165) is 34.5 Å². The topological polar surface area (TPSA) is 65.6 Å². The first kappa shape index (κ1) is 19.7. The lowest BCUT2D eigenvalue weighted by Gasteiger charge is -2.11. The van der Waals surface area contributed by atoms with Gasteiger partial charge in [0.1, 0.15) is 12.4 Å². The van der Waals surface area contributed by atoms with Crippen molar-refractivity contribution in [3.05, 3.63) is 64.4 Å². The summed E-state index contributed by atoms with van der Waals surface area (Å²) in [6, 6.07) is 15.1. The molecule has 0 saturated carbocycles. The van der Waals surface area contributed by atoms with Crippen LogP contribution in [0.5, 0.6) is 5.75 Å². The molecule has 0 saturated heterocycles. The molecule has 2 N–H and O–H groups in total. The lowest BCUT2D eigenvalue weighted by Crippen LogP contribution is -2.19. The van der Waals surface area contributed by atoms with Gasteiger partial charge in [-0.25, -0.2) is 0 Å². The Balaban J connectivity index is 1.92. The summed E-state index contributed by atoms with van der Waals surface area (Å²) < 4.78 is 5.72. The van der Waals surface area contributed by atoms with E-state index in [1.807, 2.05) is 56.6 Å². The summed E-state index contributed by atoms with van der Waals surface area (Å²) in [6.45, 7) is 1.49. The molecule has 0 fully saturated rings. The number of H-pyrrole nitrogens is 1. The standard InChI is InChI=1S/C23H24N2O3/c1-25(2)13-15-28-19-11-9-18(10-12-19)22-16-21-17(6-3-4-14-26)7-5-8-20(21)23(27)24-22/h5,7-12,16,26H,4,13-15H2,1-2H3,(H,24,27). The predicted octanol–water partition coefficient (Wildman–Crippen LogP) is 2.87. The molecule has 0 amide bonds. The molecular weight excluding hydrogens is 352 g/mol. The number of benzene rings is 2. The number of ether oxygens (including phenoxy) is 1. The molecule has 5 nitrogen and oxygen atoms in total. The summed E-state index contributed by atoms with van der Waals surface area (Å²) >= 11 is 0. The van der Waals surface area contributed by atoms with Crippen molar-refractivity contribution in [3.63, 3.8) is 0 Å². The molecule has 0 radical (unpaired) electrons. The van der Waals surface area contributed by atoms with Gasteiger partial charge in [-0.1, -0.05) is 17.9 Å². The van der Waals surface area contributed by atoms with E-state index in [-0.39, 0.29) is 12.2 Å². The zero-order valence-corrected chi connectivity index (χ0v) is 16.2. The van der Waals surface area contributed by atoms with Crippen LogP contribution in [0.1, 0.15) is 12.0 Å². The average molecular weight is 376 g/mol. The number of hydrogen-bond acceptors (Lipinski definition) is 4. The van der Waals surface area contributed by atoms with Gasteiger partial charge in [-0.3, -0.25) is 4.79 Å². The van der Waals surface area contributed by atoms with Crippen LogP contribution in [0.25, 0.3) is 22.0 Å². The minimum absolute atomic E-state index is 0.0204. The van der Waals surface area contributed by atoms with Crippen LogP contribution in [-0.4, -0.2) is 48.8 Å². The normalized spacial score (nSPS) is 10.7. The van der Waals surface area contributed by atoms with Crippen LogP contribution < -0.4 is 10.3 Å². The molecule has 3 aromatic rings. The molecule has 0 aliphatic rings. The summed E-state index contributed by atoms with van der Waals surface area (Å²) in [4.78, 5) is 17.6. The van der Waals surface area contributed by atoms with Gasteiger partial charge in [-0.05, 0) is 62.1 Å². The van der Waals surface area contributed by atoms with Gasteiger partial charge in [-0.2, -0.15) is 0 Å². The molecule has 1 aromatic heterocycles. The molecule has 0 atom stereocenters. The quantitative estimate of drug-likeness (QED) is 0.650. The van der Waals surface area contributed by atoms with Crippen molar-refractivity contribution in [2.75, 3.05) is 33.9 Å². The predicted molar refractivity (Wildman–Crippen MR) is 113 cm³/mol. The first-order chi connectivity index (χ1) is 13.6. The Bertz CT molecular complexity index is 1060. The number of aliphatic hydroxyl groups is 1. The minimum atomic E-state index is -0.149. The van der Waals surface area contributed by atoms with Gasteiger partial charge in [-0.15, -0.1) is 0 Å². The van der Waals surface area contributed by atoms with Crippen LogP contribution in [0.4, 0.5) is 0 Å². The number of hydrogen-bond donors (Lipinski definition) is 2. The number of likely N-dealkylation sites (N-methyl/N-ethyl adjacent to an activating group) is 1. The molecule has 2 aromatic carbocycles. The van der Waals surface area contributed by atoms with Crippen LogP contribution in [0, 0.1) is 11.8 Å². The Morgan fingerprint density at radius 1 is 1.11 bits per heavy atom. The highest BCUT2D eigenvalue weighted by molar-refractivity contribution is 5.90. The molecular formula is C23H24N2O3. The maximum atomic E-state index is 12.6. The molecule has 0 bridgehead atoms. The lowest BCUT2D eigenvalue weighted by atomic mass is 10.0. The van der Waals surface area contributed by atoms with Crippen molar-refractivity contribution in [3.8, 4) is 28.8 Å². The smallest absolute Gasteiger partial charge is 0.256 e. The zero-order valence-electron chi connectivity index (χ0n) is 16.2. The van der Waals surface area contributed by atoms with Crippen LogP contribution >= 0.6 is 0 Å². The Kier molecular flexibility index (Phi) is 6.49. The molecule has 1 heterocycles. The van der Waals surface area contributed by atoms with Gasteiger partial charge in [0.25, 0.3) is 5.56 Å². The molecule has 5 heteroatoms. The maximum absolute atomic E-state index is 12.6. The second-order valence-corrected chi connectivity index (χ2v) is 6.73. The molecule has 144 valence electrons. The van der Waals surface area contributed by atoms with Crippen molar-refractivity contribution in [1.29, 1.82) is 0 Å². The lowest BCUT2D eigenvalue weighted by molar-refractivity contribution is 0.261. The van der Waals surface area contributed by atoms with Crippen molar-refractivity contribution in [2.45, 2.75) is 6.42 Å². The fourth-order valence-electron chi connectivity index (χ4n) is 2.84. The average Bonchev–Trinajstić information content (AvgIpc) is 2.69. The summed E-state index contributed by atoms with van der Waals surface area (Å²) in [5.74, 6) is 6.77. The Morgan fingerprint density at radius 2 is 1.89 bits per heavy atom. The molecule has 0 aliphatic heterocycles. The number of rotatable bonds is 6. The number of aliphatic hydroxyl groups excluding tert-OH is 1. The van der Waals surface area contributed by atoms with E-state index in [1.165, 1.54) is 0 Å². The highest BCUT2D eigenvalue weighted by atomic mass is 16.5. The number of pyridine rings is 1. The van der Waals surface area contributed by atoms with E-state index < -0.39 is 0 Å². The summed E-state index contributed by atoms with van der Waals surface area (Å²) in [6.07, 6.45) is 0.404. The van der Waals surface area contributed by atoms with E-state index in [9.17, 15) is 4.79 Å². The molecule has 0 aliphatic carbocycles. The highest BCUT2D eigenvalue weighted by Gasteiger charge is 2.07. The number of aromatic amines is 1. The second-order valence-electron chi connectivity index (χ2n) is 6.73. The first-order valence-electron chi connectivity index (χ1n) is 9.22. The maximum Gasteiger partial charge on any atom is 0.256 e. The number of fused-ring (bicyclic) bond motifs is 1. The van der Waals surface area contributed by atoms with E-state index in [2.05, 4.69) is 21.7 Å². The Morgan fingerprint density at radius 3 is 2.61 bits per heavy atom. The van der Waals surface area contributed by atoms with E-state index >= 15 is 0 Å². The number of nitrogens with one attached hydrogen (secondary N) is 1. The fraction of sp³-hybridized carbons (Fsp3) is 0.261.